The topological polar surface area (TPSA) is 77.0 Å². The molecule has 6 heteroatoms. The van der Waals surface area contributed by atoms with E-state index in [0.717, 1.165) is 11.1 Å². The normalized spacial score (nSPS) is 14.0. The molecule has 1 heterocycles. The van der Waals surface area contributed by atoms with Crippen LogP contribution < -0.4 is 19.5 Å². The molecule has 132 valence electrons. The van der Waals surface area contributed by atoms with Crippen molar-refractivity contribution < 1.29 is 24.1 Å². The summed E-state index contributed by atoms with van der Waals surface area (Å²) < 4.78 is 16.5. The smallest absolute Gasteiger partial charge is 0.321 e. The average Bonchev–Trinajstić information content (AvgIpc) is 2.65. The first-order valence-corrected chi connectivity index (χ1v) is 8.14. The molecule has 0 aromatic heterocycles. The minimum Gasteiger partial charge on any atom is -0.493 e. The third-order valence-corrected chi connectivity index (χ3v) is 4.02. The van der Waals surface area contributed by atoms with Crippen molar-refractivity contribution in [1.29, 1.82) is 0 Å². The van der Waals surface area contributed by atoms with Gasteiger partial charge in [0.1, 0.15) is 19.3 Å². The highest BCUT2D eigenvalue weighted by molar-refractivity contribution is 5.74. The number of aliphatic carboxylic acids is 1. The highest BCUT2D eigenvalue weighted by Crippen LogP contribution is 2.40. The Hall–Kier alpha value is -2.73. The molecule has 0 fully saturated rings. The van der Waals surface area contributed by atoms with E-state index in [1.54, 1.807) is 7.11 Å². The molecule has 3 rings (SSSR count). The summed E-state index contributed by atoms with van der Waals surface area (Å²) in [7, 11) is 1.57. The maximum Gasteiger partial charge on any atom is 0.321 e. The third kappa shape index (κ3) is 4.22. The largest absolute Gasteiger partial charge is 0.493 e. The van der Waals surface area contributed by atoms with Crippen molar-refractivity contribution in [1.82, 2.24) is 5.32 Å². The fourth-order valence-electron chi connectivity index (χ4n) is 2.77. The minimum atomic E-state index is -0.881. The lowest BCUT2D eigenvalue weighted by Crippen LogP contribution is -2.38. The van der Waals surface area contributed by atoms with E-state index in [-0.39, 0.29) is 0 Å². The standard InChI is InChI=1S/C19H21NO5/c1-23-16-10-14(11-17-18(16)25-8-7-24-17)12-20-15(19(21)22)9-13-5-3-2-4-6-13/h2-6,10-11,15,20H,7-9,12H2,1H3,(H,21,22). The van der Waals surface area contributed by atoms with Crippen LogP contribution in [0.1, 0.15) is 11.1 Å². The van der Waals surface area contributed by atoms with E-state index < -0.39 is 12.0 Å². The summed E-state index contributed by atoms with van der Waals surface area (Å²) in [4.78, 5) is 11.5. The molecule has 2 aromatic rings. The number of methoxy groups -OCH3 is 1. The second-order valence-electron chi connectivity index (χ2n) is 5.78. The Morgan fingerprint density at radius 1 is 1.20 bits per heavy atom. The molecule has 25 heavy (non-hydrogen) atoms. The van der Waals surface area contributed by atoms with Crippen LogP contribution in [0.4, 0.5) is 0 Å². The van der Waals surface area contributed by atoms with Gasteiger partial charge in [-0.15, -0.1) is 0 Å². The Balaban J connectivity index is 1.71. The molecule has 0 saturated carbocycles. The van der Waals surface area contributed by atoms with Gasteiger partial charge in [0.15, 0.2) is 11.5 Å². The first-order valence-electron chi connectivity index (χ1n) is 8.14. The van der Waals surface area contributed by atoms with Gasteiger partial charge in [-0.05, 0) is 29.7 Å². The van der Waals surface area contributed by atoms with Crippen LogP contribution in [0.25, 0.3) is 0 Å². The number of carboxylic acids is 1. The Bertz CT molecular complexity index is 715. The SMILES string of the molecule is COc1cc(CNC(Cc2ccccc2)C(=O)O)cc2c1OCCO2. The molecule has 0 aliphatic carbocycles. The van der Waals surface area contributed by atoms with E-state index in [9.17, 15) is 9.90 Å². The molecule has 2 N–H and O–H groups in total. The van der Waals surface area contributed by atoms with E-state index in [2.05, 4.69) is 5.32 Å². The van der Waals surface area contributed by atoms with Crippen LogP contribution in [0.2, 0.25) is 0 Å². The number of fused-ring (bicyclic) bond motifs is 1. The number of benzene rings is 2. The number of nitrogens with one attached hydrogen (secondary N) is 1. The van der Waals surface area contributed by atoms with Gasteiger partial charge in [0.2, 0.25) is 5.75 Å². The maximum absolute atomic E-state index is 11.5. The predicted molar refractivity (Wildman–Crippen MR) is 92.4 cm³/mol. The summed E-state index contributed by atoms with van der Waals surface area (Å²) in [5.74, 6) is 0.922. The molecule has 0 radical (unpaired) electrons. The highest BCUT2D eigenvalue weighted by Gasteiger charge is 2.21. The highest BCUT2D eigenvalue weighted by atomic mass is 16.6. The zero-order chi connectivity index (χ0) is 17.6. The summed E-state index contributed by atoms with van der Waals surface area (Å²) in [6.07, 6.45) is 0.415. The van der Waals surface area contributed by atoms with E-state index in [0.29, 0.717) is 43.4 Å². The van der Waals surface area contributed by atoms with Crippen LogP contribution in [0, 0.1) is 0 Å². The van der Waals surface area contributed by atoms with E-state index in [1.165, 1.54) is 0 Å². The molecule has 1 aliphatic rings. The summed E-state index contributed by atoms with van der Waals surface area (Å²) >= 11 is 0. The monoisotopic (exact) mass is 343 g/mol. The molecule has 1 atom stereocenters. The molecule has 0 bridgehead atoms. The number of hydrogen-bond acceptors (Lipinski definition) is 5. The first kappa shape index (κ1) is 17.1. The number of rotatable bonds is 7. The lowest BCUT2D eigenvalue weighted by Gasteiger charge is -2.22. The lowest BCUT2D eigenvalue weighted by atomic mass is 10.1. The molecule has 6 nitrogen and oxygen atoms in total. The van der Waals surface area contributed by atoms with Gasteiger partial charge in [0.05, 0.1) is 7.11 Å². The van der Waals surface area contributed by atoms with Gasteiger partial charge in [-0.25, -0.2) is 0 Å². The molecule has 1 aliphatic heterocycles. The summed E-state index contributed by atoms with van der Waals surface area (Å²) in [5.41, 5.74) is 1.85. The fourth-order valence-corrected chi connectivity index (χ4v) is 2.77. The number of carbonyl (C=O) groups is 1. The first-order chi connectivity index (χ1) is 12.2. The van der Waals surface area contributed by atoms with Gasteiger partial charge in [-0.2, -0.15) is 0 Å². The summed E-state index contributed by atoms with van der Waals surface area (Å²) in [6, 6.07) is 12.6. The van der Waals surface area contributed by atoms with Crippen molar-refractivity contribution in [2.75, 3.05) is 20.3 Å². The van der Waals surface area contributed by atoms with E-state index >= 15 is 0 Å². The molecular weight excluding hydrogens is 322 g/mol. The van der Waals surface area contributed by atoms with Crippen molar-refractivity contribution in [3.05, 3.63) is 53.6 Å². The number of ether oxygens (including phenoxy) is 3. The zero-order valence-electron chi connectivity index (χ0n) is 14.0. The van der Waals surface area contributed by atoms with Gasteiger partial charge in [-0.3, -0.25) is 4.79 Å². The third-order valence-electron chi connectivity index (χ3n) is 4.02. The molecule has 0 saturated heterocycles. The number of carboxylic acid groups (broad SMARTS) is 1. The Morgan fingerprint density at radius 3 is 2.68 bits per heavy atom. The van der Waals surface area contributed by atoms with E-state index in [1.807, 2.05) is 42.5 Å². The van der Waals surface area contributed by atoms with Gasteiger partial charge >= 0.3 is 5.97 Å². The van der Waals surface area contributed by atoms with Crippen LogP contribution in [-0.2, 0) is 17.8 Å². The van der Waals surface area contributed by atoms with Crippen LogP contribution in [-0.4, -0.2) is 37.4 Å². The van der Waals surface area contributed by atoms with Crippen LogP contribution in [0.15, 0.2) is 42.5 Å². The molecule has 0 spiro atoms. The average molecular weight is 343 g/mol. The van der Waals surface area contributed by atoms with Crippen LogP contribution >= 0.6 is 0 Å². The molecule has 0 amide bonds. The van der Waals surface area contributed by atoms with Crippen molar-refractivity contribution >= 4 is 5.97 Å². The van der Waals surface area contributed by atoms with E-state index in [4.69, 9.17) is 14.2 Å². The van der Waals surface area contributed by atoms with Gasteiger partial charge in [0, 0.05) is 6.54 Å². The molecule has 2 aromatic carbocycles. The van der Waals surface area contributed by atoms with Gasteiger partial charge in [0.25, 0.3) is 0 Å². The fraction of sp³-hybridized carbons (Fsp3) is 0.316. The van der Waals surface area contributed by atoms with Crippen molar-refractivity contribution in [2.45, 2.75) is 19.0 Å². The van der Waals surface area contributed by atoms with Crippen LogP contribution in [0.5, 0.6) is 17.2 Å². The van der Waals surface area contributed by atoms with Gasteiger partial charge < -0.3 is 24.6 Å². The number of hydrogen-bond donors (Lipinski definition) is 2. The lowest BCUT2D eigenvalue weighted by molar-refractivity contribution is -0.139. The Morgan fingerprint density at radius 2 is 1.96 bits per heavy atom. The summed E-state index contributed by atoms with van der Waals surface area (Å²) in [5, 5.41) is 12.6. The second kappa shape index (κ2) is 7.90. The second-order valence-corrected chi connectivity index (χ2v) is 5.78. The minimum absolute atomic E-state index is 0.386. The zero-order valence-corrected chi connectivity index (χ0v) is 14.0. The van der Waals surface area contributed by atoms with Crippen LogP contribution in [0.3, 0.4) is 0 Å². The quantitative estimate of drug-likeness (QED) is 0.803. The van der Waals surface area contributed by atoms with Crippen molar-refractivity contribution in [3.8, 4) is 17.2 Å². The maximum atomic E-state index is 11.5. The molecular formula is C19H21NO5. The van der Waals surface area contributed by atoms with Crippen molar-refractivity contribution in [3.63, 3.8) is 0 Å². The summed E-state index contributed by atoms with van der Waals surface area (Å²) in [6.45, 7) is 1.36. The predicted octanol–water partition coefficient (Wildman–Crippen LogP) is 2.25. The Kier molecular flexibility index (Phi) is 5.40. The Labute approximate surface area is 146 Å². The van der Waals surface area contributed by atoms with Gasteiger partial charge in [-0.1, -0.05) is 30.3 Å². The van der Waals surface area contributed by atoms with Crippen molar-refractivity contribution in [2.24, 2.45) is 0 Å². The molecule has 1 unspecified atom stereocenters.